The minimum absolute atomic E-state index is 0.203. The van der Waals surface area contributed by atoms with Crippen LogP contribution in [0.3, 0.4) is 0 Å². The van der Waals surface area contributed by atoms with Gasteiger partial charge in [-0.2, -0.15) is 11.8 Å². The second-order valence-electron chi connectivity index (χ2n) is 4.24. The first-order valence-electron chi connectivity index (χ1n) is 5.64. The van der Waals surface area contributed by atoms with Crippen molar-refractivity contribution in [2.24, 2.45) is 5.73 Å². The minimum Gasteiger partial charge on any atom is -0.389 e. The molecule has 0 saturated carbocycles. The van der Waals surface area contributed by atoms with Crippen molar-refractivity contribution >= 4 is 50.6 Å². The molecule has 6 heteroatoms. The third-order valence-electron chi connectivity index (χ3n) is 3.00. The number of hydrogen-bond acceptors (Lipinski definition) is 3. The molecule has 1 saturated heterocycles. The molecule has 1 atom stereocenters. The van der Waals surface area contributed by atoms with Gasteiger partial charge in [-0.25, -0.2) is 4.39 Å². The first kappa shape index (κ1) is 14.1. The minimum atomic E-state index is -0.279. The lowest BCUT2D eigenvalue weighted by Gasteiger charge is -2.35. The standard InChI is InChI=1S/C12H14BrFN2S2/c1-7-6-18-5-4-16(7)9-3-2-8(12(15)17)10(13)11(9)14/h2-3,7H,4-6H2,1H3,(H2,15,17). The van der Waals surface area contributed by atoms with Crippen LogP contribution in [0, 0.1) is 5.82 Å². The Morgan fingerprint density at radius 1 is 1.61 bits per heavy atom. The Morgan fingerprint density at radius 2 is 2.33 bits per heavy atom. The molecule has 1 heterocycles. The highest BCUT2D eigenvalue weighted by Crippen LogP contribution is 2.32. The van der Waals surface area contributed by atoms with Gasteiger partial charge in [0.15, 0.2) is 5.82 Å². The van der Waals surface area contributed by atoms with E-state index >= 15 is 0 Å². The molecular weight excluding hydrogens is 335 g/mol. The average molecular weight is 349 g/mol. The van der Waals surface area contributed by atoms with Crippen molar-refractivity contribution in [3.63, 3.8) is 0 Å². The Hall–Kier alpha value is -0.330. The van der Waals surface area contributed by atoms with Crippen molar-refractivity contribution in [3.8, 4) is 0 Å². The van der Waals surface area contributed by atoms with Crippen LogP contribution in [0.1, 0.15) is 12.5 Å². The van der Waals surface area contributed by atoms with Crippen molar-refractivity contribution < 1.29 is 4.39 Å². The smallest absolute Gasteiger partial charge is 0.161 e. The molecule has 2 N–H and O–H groups in total. The van der Waals surface area contributed by atoms with Gasteiger partial charge in [-0.1, -0.05) is 12.2 Å². The van der Waals surface area contributed by atoms with E-state index < -0.39 is 0 Å². The van der Waals surface area contributed by atoms with Crippen molar-refractivity contribution in [1.29, 1.82) is 0 Å². The fraction of sp³-hybridized carbons (Fsp3) is 0.417. The number of anilines is 1. The normalized spacial score (nSPS) is 19.9. The largest absolute Gasteiger partial charge is 0.389 e. The average Bonchev–Trinajstić information content (AvgIpc) is 2.33. The topological polar surface area (TPSA) is 29.3 Å². The Kier molecular flexibility index (Phi) is 4.50. The van der Waals surface area contributed by atoms with E-state index in [9.17, 15) is 4.39 Å². The summed E-state index contributed by atoms with van der Waals surface area (Å²) in [5.41, 5.74) is 6.72. The summed E-state index contributed by atoms with van der Waals surface area (Å²) in [5, 5.41) is 0. The van der Waals surface area contributed by atoms with Gasteiger partial charge in [0.05, 0.1) is 10.2 Å². The van der Waals surface area contributed by atoms with Gasteiger partial charge < -0.3 is 10.6 Å². The van der Waals surface area contributed by atoms with E-state index in [1.165, 1.54) is 0 Å². The fourth-order valence-electron chi connectivity index (χ4n) is 2.04. The van der Waals surface area contributed by atoms with Crippen LogP contribution in [0.2, 0.25) is 0 Å². The van der Waals surface area contributed by atoms with E-state index in [0.717, 1.165) is 18.1 Å². The lowest BCUT2D eigenvalue weighted by Crippen LogP contribution is -2.41. The molecule has 0 spiro atoms. The number of halogens is 2. The van der Waals surface area contributed by atoms with Crippen LogP contribution in [-0.4, -0.2) is 29.1 Å². The molecule has 18 heavy (non-hydrogen) atoms. The Labute approximate surface area is 124 Å². The zero-order valence-corrected chi connectivity index (χ0v) is 13.2. The van der Waals surface area contributed by atoms with Crippen LogP contribution in [0.15, 0.2) is 16.6 Å². The zero-order chi connectivity index (χ0) is 13.3. The van der Waals surface area contributed by atoms with E-state index in [0.29, 0.717) is 21.8 Å². The highest BCUT2D eigenvalue weighted by molar-refractivity contribution is 9.10. The van der Waals surface area contributed by atoms with Gasteiger partial charge >= 0.3 is 0 Å². The van der Waals surface area contributed by atoms with Crippen molar-refractivity contribution in [3.05, 3.63) is 28.0 Å². The lowest BCUT2D eigenvalue weighted by molar-refractivity contribution is 0.598. The summed E-state index contributed by atoms with van der Waals surface area (Å²) >= 11 is 10.0. The SMILES string of the molecule is CC1CSCCN1c1ccc(C(N)=S)c(Br)c1F. The Balaban J connectivity index is 2.40. The molecule has 0 amide bonds. The van der Waals surface area contributed by atoms with Gasteiger partial charge in [-0.15, -0.1) is 0 Å². The quantitative estimate of drug-likeness (QED) is 0.831. The fourth-order valence-corrected chi connectivity index (χ4v) is 3.90. The molecule has 0 aliphatic carbocycles. The van der Waals surface area contributed by atoms with E-state index in [1.807, 2.05) is 11.8 Å². The van der Waals surface area contributed by atoms with Gasteiger partial charge in [0.1, 0.15) is 4.99 Å². The predicted molar refractivity (Wildman–Crippen MR) is 84.1 cm³/mol. The molecule has 2 rings (SSSR count). The molecule has 1 aromatic carbocycles. The zero-order valence-electron chi connectivity index (χ0n) is 9.95. The molecule has 98 valence electrons. The molecule has 2 nitrogen and oxygen atoms in total. The molecule has 0 radical (unpaired) electrons. The second-order valence-corrected chi connectivity index (χ2v) is 6.62. The van der Waals surface area contributed by atoms with Crippen LogP contribution in [0.5, 0.6) is 0 Å². The first-order chi connectivity index (χ1) is 8.52. The van der Waals surface area contributed by atoms with E-state index in [2.05, 4.69) is 27.8 Å². The number of nitrogens with two attached hydrogens (primary N) is 1. The maximum atomic E-state index is 14.4. The summed E-state index contributed by atoms with van der Waals surface area (Å²) in [4.78, 5) is 2.30. The number of benzene rings is 1. The Morgan fingerprint density at radius 3 is 2.94 bits per heavy atom. The molecule has 1 fully saturated rings. The third-order valence-corrected chi connectivity index (χ3v) is 5.19. The molecule has 1 aliphatic rings. The summed E-state index contributed by atoms with van der Waals surface area (Å²) in [6.07, 6.45) is 0. The molecule has 0 aromatic heterocycles. The summed E-state index contributed by atoms with van der Waals surface area (Å²) < 4.78 is 14.7. The molecule has 0 bridgehead atoms. The summed E-state index contributed by atoms with van der Waals surface area (Å²) in [6.45, 7) is 2.97. The molecule has 1 unspecified atom stereocenters. The van der Waals surface area contributed by atoms with Crippen molar-refractivity contribution in [1.82, 2.24) is 0 Å². The highest BCUT2D eigenvalue weighted by atomic mass is 79.9. The third kappa shape index (κ3) is 2.65. The van der Waals surface area contributed by atoms with Crippen LogP contribution in [0.25, 0.3) is 0 Å². The van der Waals surface area contributed by atoms with Gasteiger partial charge in [0.2, 0.25) is 0 Å². The summed E-state index contributed by atoms with van der Waals surface area (Å²) in [7, 11) is 0. The number of nitrogens with zero attached hydrogens (tertiary/aromatic N) is 1. The van der Waals surface area contributed by atoms with Gasteiger partial charge in [0, 0.05) is 29.7 Å². The number of thioether (sulfide) groups is 1. The highest BCUT2D eigenvalue weighted by Gasteiger charge is 2.23. The first-order valence-corrected chi connectivity index (χ1v) is 8.00. The maximum Gasteiger partial charge on any atom is 0.161 e. The summed E-state index contributed by atoms with van der Waals surface area (Å²) in [5.74, 6) is 1.77. The molecule has 1 aromatic rings. The van der Waals surface area contributed by atoms with Crippen LogP contribution in [-0.2, 0) is 0 Å². The van der Waals surface area contributed by atoms with E-state index in [1.54, 1.807) is 12.1 Å². The maximum absolute atomic E-state index is 14.4. The number of hydrogen-bond donors (Lipinski definition) is 1. The Bertz CT molecular complexity index is 481. The van der Waals surface area contributed by atoms with Gasteiger partial charge in [0.25, 0.3) is 0 Å². The van der Waals surface area contributed by atoms with E-state index in [-0.39, 0.29) is 10.8 Å². The predicted octanol–water partition coefficient (Wildman–Crippen LogP) is 3.16. The van der Waals surface area contributed by atoms with Crippen LogP contribution in [0.4, 0.5) is 10.1 Å². The number of rotatable bonds is 2. The van der Waals surface area contributed by atoms with E-state index in [4.69, 9.17) is 18.0 Å². The van der Waals surface area contributed by atoms with Crippen molar-refractivity contribution in [2.45, 2.75) is 13.0 Å². The van der Waals surface area contributed by atoms with Crippen molar-refractivity contribution in [2.75, 3.05) is 23.0 Å². The van der Waals surface area contributed by atoms with Crippen LogP contribution >= 0.6 is 39.9 Å². The molecular formula is C12H14BrFN2S2. The summed E-state index contributed by atoms with van der Waals surface area (Å²) in [6, 6.07) is 3.88. The lowest BCUT2D eigenvalue weighted by atomic mass is 10.1. The van der Waals surface area contributed by atoms with Gasteiger partial charge in [-0.3, -0.25) is 0 Å². The van der Waals surface area contributed by atoms with Crippen LogP contribution < -0.4 is 10.6 Å². The second kappa shape index (κ2) is 5.75. The monoisotopic (exact) mass is 348 g/mol. The molecule has 1 aliphatic heterocycles. The number of thiocarbonyl (C=S) groups is 1. The van der Waals surface area contributed by atoms with Gasteiger partial charge in [-0.05, 0) is 35.0 Å².